The van der Waals surface area contributed by atoms with Gasteiger partial charge in [0.25, 0.3) is 0 Å². The quantitative estimate of drug-likeness (QED) is 0.687. The molecule has 3 aromatic rings. The highest BCUT2D eigenvalue weighted by Crippen LogP contribution is 2.28. The fraction of sp³-hybridized carbons (Fsp3) is 0. The third-order valence-corrected chi connectivity index (χ3v) is 2.78. The molecular weight excluding hydrogens is 210 g/mol. The smallest absolute Gasteiger partial charge is 0.123 e. The van der Waals surface area contributed by atoms with E-state index in [2.05, 4.69) is 22.1 Å². The average molecular weight is 221 g/mol. The minimum atomic E-state index is 0.531. The molecule has 3 nitrogen and oxygen atoms in total. The van der Waals surface area contributed by atoms with Crippen molar-refractivity contribution in [3.63, 3.8) is 0 Å². The van der Waals surface area contributed by atoms with E-state index in [1.165, 1.54) is 5.39 Å². The van der Waals surface area contributed by atoms with E-state index in [-0.39, 0.29) is 0 Å². The fourth-order valence-corrected chi connectivity index (χ4v) is 1.98. The maximum atomic E-state index is 5.71. The van der Waals surface area contributed by atoms with E-state index in [0.29, 0.717) is 5.82 Å². The number of hydrogen-bond acceptors (Lipinski definition) is 3. The summed E-state index contributed by atoms with van der Waals surface area (Å²) in [7, 11) is 0. The second-order valence-corrected chi connectivity index (χ2v) is 3.87. The van der Waals surface area contributed by atoms with Crippen molar-refractivity contribution in [2.45, 2.75) is 0 Å². The Hall–Kier alpha value is -2.42. The summed E-state index contributed by atoms with van der Waals surface area (Å²) in [6, 6.07) is 12.0. The number of nitrogens with zero attached hydrogens (tertiary/aromatic N) is 2. The molecule has 0 fully saturated rings. The Kier molecular flexibility index (Phi) is 2.22. The largest absolute Gasteiger partial charge is 0.384 e. The van der Waals surface area contributed by atoms with Crippen LogP contribution in [-0.2, 0) is 0 Å². The van der Waals surface area contributed by atoms with E-state index < -0.39 is 0 Å². The number of nitrogens with two attached hydrogens (primary N) is 1. The summed E-state index contributed by atoms with van der Waals surface area (Å²) < 4.78 is 0. The minimum absolute atomic E-state index is 0.531. The molecule has 0 unspecified atom stereocenters. The predicted octanol–water partition coefficient (Wildman–Crippen LogP) is 2.88. The van der Waals surface area contributed by atoms with Crippen molar-refractivity contribution in [1.29, 1.82) is 0 Å². The lowest BCUT2D eigenvalue weighted by Gasteiger charge is -2.06. The molecule has 0 amide bonds. The summed E-state index contributed by atoms with van der Waals surface area (Å²) in [5, 5.41) is 2.30. The number of pyridine rings is 2. The molecule has 3 heteroatoms. The highest BCUT2D eigenvalue weighted by Gasteiger charge is 2.03. The predicted molar refractivity (Wildman–Crippen MR) is 69.4 cm³/mol. The Bertz CT molecular complexity index is 672. The Labute approximate surface area is 98.9 Å². The average Bonchev–Trinajstić information content (AvgIpc) is 2.38. The van der Waals surface area contributed by atoms with Crippen LogP contribution in [0.15, 0.2) is 55.0 Å². The first-order chi connectivity index (χ1) is 8.34. The number of rotatable bonds is 1. The minimum Gasteiger partial charge on any atom is -0.384 e. The maximum Gasteiger partial charge on any atom is 0.123 e. The molecule has 1 aromatic carbocycles. The first-order valence-electron chi connectivity index (χ1n) is 5.39. The van der Waals surface area contributed by atoms with E-state index >= 15 is 0 Å². The molecule has 0 radical (unpaired) electrons. The summed E-state index contributed by atoms with van der Waals surface area (Å²) in [6.07, 6.45) is 5.40. The third kappa shape index (κ3) is 1.72. The third-order valence-electron chi connectivity index (χ3n) is 2.78. The van der Waals surface area contributed by atoms with Gasteiger partial charge >= 0.3 is 0 Å². The SMILES string of the molecule is Nc1cc(-c2cccc3ccncc23)ccn1. The molecule has 17 heavy (non-hydrogen) atoms. The van der Waals surface area contributed by atoms with Crippen LogP contribution in [0.4, 0.5) is 5.82 Å². The van der Waals surface area contributed by atoms with E-state index in [1.807, 2.05) is 30.5 Å². The second-order valence-electron chi connectivity index (χ2n) is 3.87. The summed E-state index contributed by atoms with van der Waals surface area (Å²) in [5.41, 5.74) is 7.91. The van der Waals surface area contributed by atoms with E-state index in [9.17, 15) is 0 Å². The van der Waals surface area contributed by atoms with Gasteiger partial charge in [0, 0.05) is 24.0 Å². The van der Waals surface area contributed by atoms with Crippen molar-refractivity contribution >= 4 is 16.6 Å². The number of nitrogen functional groups attached to an aromatic ring is 1. The molecule has 2 heterocycles. The zero-order valence-corrected chi connectivity index (χ0v) is 9.17. The molecule has 0 saturated heterocycles. The summed E-state index contributed by atoms with van der Waals surface area (Å²) in [4.78, 5) is 8.18. The molecule has 82 valence electrons. The highest BCUT2D eigenvalue weighted by molar-refractivity contribution is 5.96. The van der Waals surface area contributed by atoms with Gasteiger partial charge in [0.1, 0.15) is 5.82 Å². The van der Waals surface area contributed by atoms with Gasteiger partial charge < -0.3 is 5.73 Å². The van der Waals surface area contributed by atoms with Crippen LogP contribution in [0.2, 0.25) is 0 Å². The van der Waals surface area contributed by atoms with Crippen LogP contribution in [0.3, 0.4) is 0 Å². The van der Waals surface area contributed by atoms with Gasteiger partial charge in [0.2, 0.25) is 0 Å². The molecule has 0 aliphatic rings. The van der Waals surface area contributed by atoms with Crippen molar-refractivity contribution in [3.8, 4) is 11.1 Å². The van der Waals surface area contributed by atoms with Gasteiger partial charge in [-0.1, -0.05) is 18.2 Å². The van der Waals surface area contributed by atoms with Crippen molar-refractivity contribution in [1.82, 2.24) is 9.97 Å². The lowest BCUT2D eigenvalue weighted by atomic mass is 10.0. The Morgan fingerprint density at radius 1 is 1.00 bits per heavy atom. The number of benzene rings is 1. The highest BCUT2D eigenvalue weighted by atomic mass is 14.8. The van der Waals surface area contributed by atoms with Crippen LogP contribution in [-0.4, -0.2) is 9.97 Å². The first kappa shape index (κ1) is 9.78. The van der Waals surface area contributed by atoms with Gasteiger partial charge in [-0.25, -0.2) is 4.98 Å². The lowest BCUT2D eigenvalue weighted by Crippen LogP contribution is -1.90. The van der Waals surface area contributed by atoms with Crippen LogP contribution in [0, 0.1) is 0 Å². The Morgan fingerprint density at radius 3 is 2.82 bits per heavy atom. The fourth-order valence-electron chi connectivity index (χ4n) is 1.98. The normalized spacial score (nSPS) is 10.6. The van der Waals surface area contributed by atoms with E-state index in [0.717, 1.165) is 16.5 Å². The molecule has 0 atom stereocenters. The number of hydrogen-bond donors (Lipinski definition) is 1. The Balaban J connectivity index is 2.30. The number of aromatic nitrogens is 2. The zero-order chi connectivity index (χ0) is 11.7. The summed E-state index contributed by atoms with van der Waals surface area (Å²) >= 11 is 0. The molecule has 0 saturated carbocycles. The van der Waals surface area contributed by atoms with Gasteiger partial charge in [-0.05, 0) is 34.7 Å². The lowest BCUT2D eigenvalue weighted by molar-refractivity contribution is 1.33. The van der Waals surface area contributed by atoms with Gasteiger partial charge in [0.15, 0.2) is 0 Å². The molecule has 0 aliphatic heterocycles. The number of anilines is 1. The molecule has 2 N–H and O–H groups in total. The van der Waals surface area contributed by atoms with Crippen molar-refractivity contribution in [3.05, 3.63) is 55.0 Å². The maximum absolute atomic E-state index is 5.71. The van der Waals surface area contributed by atoms with Gasteiger partial charge in [-0.15, -0.1) is 0 Å². The van der Waals surface area contributed by atoms with Crippen LogP contribution < -0.4 is 5.73 Å². The molecule has 3 rings (SSSR count). The standard InChI is InChI=1S/C14H11N3/c15-14-8-11(5-7-17-14)12-3-1-2-10-4-6-16-9-13(10)12/h1-9H,(H2,15,17). The summed E-state index contributed by atoms with van der Waals surface area (Å²) in [6.45, 7) is 0. The van der Waals surface area contributed by atoms with Crippen LogP contribution in [0.1, 0.15) is 0 Å². The molecule has 0 aliphatic carbocycles. The molecule has 0 spiro atoms. The second kappa shape index (κ2) is 3.87. The van der Waals surface area contributed by atoms with Crippen LogP contribution in [0.25, 0.3) is 21.9 Å². The van der Waals surface area contributed by atoms with Gasteiger partial charge in [-0.3, -0.25) is 4.98 Å². The van der Waals surface area contributed by atoms with Crippen molar-refractivity contribution < 1.29 is 0 Å². The van der Waals surface area contributed by atoms with Crippen LogP contribution in [0.5, 0.6) is 0 Å². The first-order valence-corrected chi connectivity index (χ1v) is 5.39. The monoisotopic (exact) mass is 221 g/mol. The molecule has 0 bridgehead atoms. The van der Waals surface area contributed by atoms with Gasteiger partial charge in [0.05, 0.1) is 0 Å². The molecular formula is C14H11N3. The van der Waals surface area contributed by atoms with E-state index in [1.54, 1.807) is 12.4 Å². The topological polar surface area (TPSA) is 51.8 Å². The van der Waals surface area contributed by atoms with E-state index in [4.69, 9.17) is 5.73 Å². The van der Waals surface area contributed by atoms with Crippen LogP contribution >= 0.6 is 0 Å². The number of fused-ring (bicyclic) bond motifs is 1. The van der Waals surface area contributed by atoms with Gasteiger partial charge in [-0.2, -0.15) is 0 Å². The molecule has 2 aromatic heterocycles. The van der Waals surface area contributed by atoms with Crippen molar-refractivity contribution in [2.75, 3.05) is 5.73 Å². The zero-order valence-electron chi connectivity index (χ0n) is 9.17. The summed E-state index contributed by atoms with van der Waals surface area (Å²) in [5.74, 6) is 0.531. The Morgan fingerprint density at radius 2 is 1.94 bits per heavy atom. The van der Waals surface area contributed by atoms with Crippen molar-refractivity contribution in [2.24, 2.45) is 0 Å².